The first-order chi connectivity index (χ1) is 12.2. The molecule has 2 heterocycles. The topological polar surface area (TPSA) is 50.2 Å². The number of hydrogen-bond acceptors (Lipinski definition) is 3. The molecule has 1 aliphatic heterocycles. The zero-order valence-corrected chi connectivity index (χ0v) is 15.9. The molecule has 0 aromatic carbocycles. The summed E-state index contributed by atoms with van der Waals surface area (Å²) >= 11 is 0. The molecule has 25 heavy (non-hydrogen) atoms. The first-order valence-electron chi connectivity index (χ1n) is 10.2. The number of likely N-dealkylation sites (tertiary alicyclic amines) is 1. The maximum absolute atomic E-state index is 12.8. The second-order valence-corrected chi connectivity index (χ2v) is 7.85. The van der Waals surface area contributed by atoms with Crippen molar-refractivity contribution in [1.29, 1.82) is 0 Å². The van der Waals surface area contributed by atoms with Gasteiger partial charge in [-0.2, -0.15) is 0 Å². The minimum Gasteiger partial charge on any atom is -0.346 e. The SMILES string of the molecule is CCC[C@H](NC(=O)C1CCN(C2CCCCC2)CC1)c1nccn1C. The fourth-order valence-electron chi connectivity index (χ4n) is 4.53. The third-order valence-electron chi connectivity index (χ3n) is 6.06. The van der Waals surface area contributed by atoms with Crippen molar-refractivity contribution in [3.8, 4) is 0 Å². The summed E-state index contributed by atoms with van der Waals surface area (Å²) in [5, 5.41) is 3.28. The number of carbonyl (C=O) groups excluding carboxylic acids is 1. The van der Waals surface area contributed by atoms with Crippen LogP contribution in [0.3, 0.4) is 0 Å². The highest BCUT2D eigenvalue weighted by Gasteiger charge is 2.30. The molecular formula is C20H34N4O. The fourth-order valence-corrected chi connectivity index (χ4v) is 4.53. The number of imidazole rings is 1. The van der Waals surface area contributed by atoms with Gasteiger partial charge in [-0.25, -0.2) is 4.98 Å². The van der Waals surface area contributed by atoms with Gasteiger partial charge in [0.25, 0.3) is 0 Å². The fraction of sp³-hybridized carbons (Fsp3) is 0.800. The van der Waals surface area contributed by atoms with E-state index in [2.05, 4.69) is 22.1 Å². The van der Waals surface area contributed by atoms with E-state index in [4.69, 9.17) is 0 Å². The molecule has 1 saturated heterocycles. The van der Waals surface area contributed by atoms with Gasteiger partial charge in [-0.3, -0.25) is 4.79 Å². The Bertz CT molecular complexity index is 542. The van der Waals surface area contributed by atoms with E-state index in [1.54, 1.807) is 0 Å². The van der Waals surface area contributed by atoms with E-state index in [-0.39, 0.29) is 17.9 Å². The van der Waals surface area contributed by atoms with Gasteiger partial charge in [0, 0.05) is 31.4 Å². The highest BCUT2D eigenvalue weighted by atomic mass is 16.2. The van der Waals surface area contributed by atoms with E-state index in [0.29, 0.717) is 0 Å². The van der Waals surface area contributed by atoms with Crippen molar-refractivity contribution >= 4 is 5.91 Å². The summed E-state index contributed by atoms with van der Waals surface area (Å²) in [5.74, 6) is 1.36. The van der Waals surface area contributed by atoms with Crippen LogP contribution in [0.5, 0.6) is 0 Å². The third-order valence-corrected chi connectivity index (χ3v) is 6.06. The Balaban J connectivity index is 1.52. The Morgan fingerprint density at radius 3 is 2.56 bits per heavy atom. The van der Waals surface area contributed by atoms with E-state index < -0.39 is 0 Å². The molecule has 140 valence electrons. The van der Waals surface area contributed by atoms with E-state index in [0.717, 1.165) is 50.6 Å². The van der Waals surface area contributed by atoms with Gasteiger partial charge in [0.05, 0.1) is 6.04 Å². The lowest BCUT2D eigenvalue weighted by molar-refractivity contribution is -0.127. The lowest BCUT2D eigenvalue weighted by atomic mass is 9.89. The van der Waals surface area contributed by atoms with Crippen LogP contribution in [0.1, 0.15) is 76.6 Å². The molecule has 0 bridgehead atoms. The van der Waals surface area contributed by atoms with Gasteiger partial charge in [0.2, 0.25) is 5.91 Å². The molecular weight excluding hydrogens is 312 g/mol. The minimum atomic E-state index is 0.0360. The van der Waals surface area contributed by atoms with Crippen LogP contribution in [0, 0.1) is 5.92 Å². The molecule has 3 rings (SSSR count). The Morgan fingerprint density at radius 2 is 1.96 bits per heavy atom. The zero-order chi connectivity index (χ0) is 17.6. The molecule has 1 aromatic heterocycles. The molecule has 1 saturated carbocycles. The molecule has 1 aromatic rings. The molecule has 0 spiro atoms. The Kier molecular flexibility index (Phi) is 6.51. The number of nitrogens with zero attached hydrogens (tertiary/aromatic N) is 3. The predicted octanol–water partition coefficient (Wildman–Crippen LogP) is 3.42. The van der Waals surface area contributed by atoms with Gasteiger partial charge in [-0.05, 0) is 45.2 Å². The first-order valence-corrected chi connectivity index (χ1v) is 10.2. The van der Waals surface area contributed by atoms with Crippen LogP contribution in [0.25, 0.3) is 0 Å². The smallest absolute Gasteiger partial charge is 0.223 e. The summed E-state index contributed by atoms with van der Waals surface area (Å²) in [6.07, 6.45) is 14.6. The van der Waals surface area contributed by atoms with Crippen LogP contribution >= 0.6 is 0 Å². The second-order valence-electron chi connectivity index (χ2n) is 7.85. The highest BCUT2D eigenvalue weighted by Crippen LogP contribution is 2.28. The van der Waals surface area contributed by atoms with E-state index in [9.17, 15) is 4.79 Å². The molecule has 5 heteroatoms. The molecule has 1 atom stereocenters. The van der Waals surface area contributed by atoms with Gasteiger partial charge in [0.1, 0.15) is 5.82 Å². The van der Waals surface area contributed by atoms with Gasteiger partial charge in [-0.1, -0.05) is 32.6 Å². The van der Waals surface area contributed by atoms with Crippen molar-refractivity contribution < 1.29 is 4.79 Å². The summed E-state index contributed by atoms with van der Waals surface area (Å²) < 4.78 is 2.02. The number of carbonyl (C=O) groups is 1. The summed E-state index contributed by atoms with van der Waals surface area (Å²) in [6.45, 7) is 4.33. The van der Waals surface area contributed by atoms with Crippen molar-refractivity contribution in [3.05, 3.63) is 18.2 Å². The summed E-state index contributed by atoms with van der Waals surface area (Å²) in [4.78, 5) is 19.9. The molecule has 5 nitrogen and oxygen atoms in total. The van der Waals surface area contributed by atoms with E-state index in [1.807, 2.05) is 24.0 Å². The molecule has 2 aliphatic rings. The number of piperidine rings is 1. The van der Waals surface area contributed by atoms with Gasteiger partial charge < -0.3 is 14.8 Å². The normalized spacial score (nSPS) is 22.0. The number of amides is 1. The maximum Gasteiger partial charge on any atom is 0.223 e. The van der Waals surface area contributed by atoms with Crippen LogP contribution in [0.15, 0.2) is 12.4 Å². The van der Waals surface area contributed by atoms with Crippen LogP contribution in [-0.2, 0) is 11.8 Å². The van der Waals surface area contributed by atoms with E-state index >= 15 is 0 Å². The lowest BCUT2D eigenvalue weighted by Gasteiger charge is -2.39. The molecule has 1 aliphatic carbocycles. The number of aromatic nitrogens is 2. The van der Waals surface area contributed by atoms with Gasteiger partial charge in [-0.15, -0.1) is 0 Å². The van der Waals surface area contributed by atoms with Gasteiger partial charge >= 0.3 is 0 Å². The minimum absolute atomic E-state index is 0.0360. The predicted molar refractivity (Wildman–Crippen MR) is 100 cm³/mol. The number of hydrogen-bond donors (Lipinski definition) is 1. The van der Waals surface area contributed by atoms with Crippen LogP contribution < -0.4 is 5.32 Å². The summed E-state index contributed by atoms with van der Waals surface area (Å²) in [5.41, 5.74) is 0. The third kappa shape index (κ3) is 4.63. The first kappa shape index (κ1) is 18.4. The molecule has 1 N–H and O–H groups in total. The summed E-state index contributed by atoms with van der Waals surface area (Å²) in [6, 6.07) is 0.812. The van der Waals surface area contributed by atoms with Crippen molar-refractivity contribution in [3.63, 3.8) is 0 Å². The largest absolute Gasteiger partial charge is 0.346 e. The molecule has 1 amide bonds. The molecule has 0 radical (unpaired) electrons. The van der Waals surface area contributed by atoms with Crippen molar-refractivity contribution in [2.45, 2.75) is 76.8 Å². The average molecular weight is 347 g/mol. The van der Waals surface area contributed by atoms with E-state index in [1.165, 1.54) is 32.1 Å². The standard InChI is InChI=1S/C20H34N4O/c1-3-7-18(19-21-12-15-23(19)2)22-20(25)16-10-13-24(14-11-16)17-8-5-4-6-9-17/h12,15-18H,3-11,13-14H2,1-2H3,(H,22,25)/t18-/m0/s1. The molecule has 2 fully saturated rings. The Hall–Kier alpha value is -1.36. The van der Waals surface area contributed by atoms with Gasteiger partial charge in [0.15, 0.2) is 0 Å². The van der Waals surface area contributed by atoms with Crippen LogP contribution in [-0.4, -0.2) is 39.5 Å². The molecule has 0 unspecified atom stereocenters. The quantitative estimate of drug-likeness (QED) is 0.858. The Labute approximate surface area is 152 Å². The van der Waals surface area contributed by atoms with Crippen molar-refractivity contribution in [2.24, 2.45) is 13.0 Å². The van der Waals surface area contributed by atoms with Crippen molar-refractivity contribution in [2.75, 3.05) is 13.1 Å². The maximum atomic E-state index is 12.8. The average Bonchev–Trinajstić information content (AvgIpc) is 3.08. The van der Waals surface area contributed by atoms with Crippen LogP contribution in [0.2, 0.25) is 0 Å². The lowest BCUT2D eigenvalue weighted by Crippen LogP contribution is -2.46. The number of nitrogens with one attached hydrogen (secondary N) is 1. The monoisotopic (exact) mass is 346 g/mol. The second kappa shape index (κ2) is 8.84. The summed E-state index contributed by atoms with van der Waals surface area (Å²) in [7, 11) is 2.00. The number of aryl methyl sites for hydroxylation is 1. The van der Waals surface area contributed by atoms with Crippen LogP contribution in [0.4, 0.5) is 0 Å². The Morgan fingerprint density at radius 1 is 1.24 bits per heavy atom. The highest BCUT2D eigenvalue weighted by molar-refractivity contribution is 5.79. The number of rotatable bonds is 6. The zero-order valence-electron chi connectivity index (χ0n) is 15.9. The van der Waals surface area contributed by atoms with Crippen molar-refractivity contribution in [1.82, 2.24) is 19.8 Å².